The fraction of sp³-hybridized carbons (Fsp3) is 0.737. The van der Waals surface area contributed by atoms with Crippen LogP contribution >= 0.6 is 0 Å². The van der Waals surface area contributed by atoms with Gasteiger partial charge in [-0.25, -0.2) is 4.79 Å². The van der Waals surface area contributed by atoms with Gasteiger partial charge in [0, 0.05) is 26.2 Å². The molecule has 2 aliphatic heterocycles. The van der Waals surface area contributed by atoms with E-state index in [9.17, 15) is 4.79 Å². The Balaban J connectivity index is 2.26. The molecule has 0 bridgehead atoms. The third-order valence-electron chi connectivity index (χ3n) is 5.15. The number of quaternary nitrogens is 1. The molecule has 24 heavy (non-hydrogen) atoms. The summed E-state index contributed by atoms with van der Waals surface area (Å²) in [6, 6.07) is 0. The number of piperidine rings is 2. The molecule has 0 radical (unpaired) electrons. The van der Waals surface area contributed by atoms with E-state index in [1.165, 1.54) is 38.5 Å². The molecule has 0 saturated carbocycles. The minimum absolute atomic E-state index is 0.266. The molecule has 0 N–H and O–H groups in total. The van der Waals surface area contributed by atoms with Gasteiger partial charge in [0.15, 0.2) is 0 Å². The SMILES string of the molecule is C=CC[N+](CC(=C)C(=O)OCC)(N1CCCCC1)N1CCCCC1. The lowest BCUT2D eigenvalue weighted by atomic mass is 10.1. The third kappa shape index (κ3) is 4.47. The van der Waals surface area contributed by atoms with E-state index in [-0.39, 0.29) is 5.97 Å². The van der Waals surface area contributed by atoms with Gasteiger partial charge < -0.3 is 4.74 Å². The smallest absolute Gasteiger partial charge is 0.339 e. The molecular weight excluding hydrogens is 302 g/mol. The second kappa shape index (κ2) is 9.35. The normalized spacial score (nSPS) is 20.5. The number of esters is 1. The lowest BCUT2D eigenvalue weighted by Gasteiger charge is -2.52. The van der Waals surface area contributed by atoms with Crippen molar-refractivity contribution < 1.29 is 14.2 Å². The highest BCUT2D eigenvalue weighted by Crippen LogP contribution is 2.28. The first-order valence-electron chi connectivity index (χ1n) is 9.48. The third-order valence-corrected chi connectivity index (χ3v) is 5.15. The van der Waals surface area contributed by atoms with Gasteiger partial charge in [-0.3, -0.25) is 0 Å². The van der Waals surface area contributed by atoms with Crippen LogP contribution in [0, 0.1) is 0 Å². The van der Waals surface area contributed by atoms with Crippen LogP contribution in [0.1, 0.15) is 45.4 Å². The van der Waals surface area contributed by atoms with E-state index in [0.717, 1.165) is 32.7 Å². The molecule has 0 spiro atoms. The van der Waals surface area contributed by atoms with Crippen molar-refractivity contribution in [1.29, 1.82) is 0 Å². The zero-order valence-corrected chi connectivity index (χ0v) is 15.3. The fourth-order valence-corrected chi connectivity index (χ4v) is 3.98. The summed E-state index contributed by atoms with van der Waals surface area (Å²) in [5.41, 5.74) is 0.565. The van der Waals surface area contributed by atoms with E-state index in [4.69, 9.17) is 4.74 Å². The summed E-state index contributed by atoms with van der Waals surface area (Å²) in [6.45, 7) is 16.0. The quantitative estimate of drug-likeness (QED) is 0.295. The van der Waals surface area contributed by atoms with Crippen LogP contribution in [-0.4, -0.2) is 66.6 Å². The zero-order chi connectivity index (χ0) is 17.4. The van der Waals surface area contributed by atoms with E-state index in [1.807, 2.05) is 13.0 Å². The van der Waals surface area contributed by atoms with E-state index in [0.29, 0.717) is 23.4 Å². The molecule has 0 aromatic heterocycles. The maximum Gasteiger partial charge on any atom is 0.339 e. The largest absolute Gasteiger partial charge is 0.462 e. The van der Waals surface area contributed by atoms with Crippen LogP contribution < -0.4 is 0 Å². The maximum atomic E-state index is 12.2. The Kier molecular flexibility index (Phi) is 7.46. The number of ether oxygens (including phenoxy) is 1. The van der Waals surface area contributed by atoms with Crippen LogP contribution in [-0.2, 0) is 9.53 Å². The number of carbonyl (C=O) groups is 1. The average molecular weight is 337 g/mol. The van der Waals surface area contributed by atoms with Crippen LogP contribution in [0.15, 0.2) is 24.8 Å². The first-order chi connectivity index (χ1) is 11.6. The van der Waals surface area contributed by atoms with E-state index in [1.54, 1.807) is 0 Å². The molecule has 0 atom stereocenters. The first-order valence-corrected chi connectivity index (χ1v) is 9.48. The van der Waals surface area contributed by atoms with Gasteiger partial charge in [-0.2, -0.15) is 4.70 Å². The minimum atomic E-state index is -0.266. The van der Waals surface area contributed by atoms with Crippen LogP contribution in [0.25, 0.3) is 0 Å². The maximum absolute atomic E-state index is 12.2. The number of nitrogens with zero attached hydrogens (tertiary/aromatic N) is 3. The van der Waals surface area contributed by atoms with Gasteiger partial charge in [0.2, 0.25) is 0 Å². The number of hydrogen-bond acceptors (Lipinski definition) is 4. The van der Waals surface area contributed by atoms with Crippen molar-refractivity contribution in [2.45, 2.75) is 45.4 Å². The molecule has 136 valence electrons. The average Bonchev–Trinajstić information content (AvgIpc) is 2.63. The van der Waals surface area contributed by atoms with Crippen molar-refractivity contribution in [2.24, 2.45) is 0 Å². The Labute approximate surface area is 147 Å². The highest BCUT2D eigenvalue weighted by atomic mass is 16.5. The number of rotatable bonds is 8. The number of hydrogen-bond donors (Lipinski definition) is 0. The van der Waals surface area contributed by atoms with Gasteiger partial charge in [-0.1, -0.05) is 26.0 Å². The van der Waals surface area contributed by atoms with Crippen molar-refractivity contribution in [2.75, 3.05) is 45.9 Å². The van der Waals surface area contributed by atoms with E-state index >= 15 is 0 Å². The van der Waals surface area contributed by atoms with Crippen LogP contribution in [0.2, 0.25) is 0 Å². The molecule has 2 fully saturated rings. The standard InChI is InChI=1S/C19H34N3O2/c1-4-16-22(20-12-8-6-9-13-20,21-14-10-7-11-15-21)17-18(3)19(23)24-5-2/h4H,1,3,5-17H2,2H3/q+1. The summed E-state index contributed by atoms with van der Waals surface area (Å²) < 4.78 is 5.86. The van der Waals surface area contributed by atoms with Crippen LogP contribution in [0.5, 0.6) is 0 Å². The molecule has 0 amide bonds. The predicted molar refractivity (Wildman–Crippen MR) is 96.8 cm³/mol. The van der Waals surface area contributed by atoms with Gasteiger partial charge >= 0.3 is 5.97 Å². The minimum Gasteiger partial charge on any atom is -0.462 e. The molecule has 0 aromatic carbocycles. The second-order valence-electron chi connectivity index (χ2n) is 6.86. The van der Waals surface area contributed by atoms with Gasteiger partial charge in [-0.15, -0.1) is 10.0 Å². The Morgan fingerprint density at radius 1 is 1.04 bits per heavy atom. The second-order valence-corrected chi connectivity index (χ2v) is 6.86. The zero-order valence-electron chi connectivity index (χ0n) is 15.3. The Morgan fingerprint density at radius 3 is 1.96 bits per heavy atom. The van der Waals surface area contributed by atoms with E-state index < -0.39 is 0 Å². The fourth-order valence-electron chi connectivity index (χ4n) is 3.98. The Hall–Kier alpha value is -1.17. The summed E-state index contributed by atoms with van der Waals surface area (Å²) in [5.74, 6) is -0.266. The van der Waals surface area contributed by atoms with Gasteiger partial charge in [-0.05, 0) is 38.7 Å². The van der Waals surface area contributed by atoms with Crippen molar-refractivity contribution >= 4 is 5.97 Å². The van der Waals surface area contributed by atoms with E-state index in [2.05, 4.69) is 23.2 Å². The van der Waals surface area contributed by atoms with Gasteiger partial charge in [0.05, 0.1) is 12.2 Å². The molecule has 0 unspecified atom stereocenters. The van der Waals surface area contributed by atoms with Crippen molar-refractivity contribution in [3.8, 4) is 0 Å². The molecule has 2 saturated heterocycles. The topological polar surface area (TPSA) is 32.8 Å². The van der Waals surface area contributed by atoms with Crippen molar-refractivity contribution in [3.05, 3.63) is 24.8 Å². The molecule has 5 nitrogen and oxygen atoms in total. The summed E-state index contributed by atoms with van der Waals surface area (Å²) in [5, 5.41) is 5.06. The molecule has 5 heteroatoms. The molecular formula is C19H34N3O2+. The van der Waals surface area contributed by atoms with Gasteiger partial charge in [0.25, 0.3) is 0 Å². The summed E-state index contributed by atoms with van der Waals surface area (Å²) >= 11 is 0. The molecule has 2 aliphatic rings. The van der Waals surface area contributed by atoms with Crippen LogP contribution in [0.4, 0.5) is 0 Å². The monoisotopic (exact) mass is 336 g/mol. The lowest BCUT2D eigenvalue weighted by Crippen LogP contribution is -2.71. The number of carbonyl (C=O) groups excluding carboxylic acids is 1. The Morgan fingerprint density at radius 2 is 1.54 bits per heavy atom. The summed E-state index contributed by atoms with van der Waals surface area (Å²) in [7, 11) is 0. The van der Waals surface area contributed by atoms with Crippen molar-refractivity contribution in [3.63, 3.8) is 0 Å². The lowest BCUT2D eigenvalue weighted by molar-refractivity contribution is -1.12. The molecule has 0 aliphatic carbocycles. The highest BCUT2D eigenvalue weighted by molar-refractivity contribution is 5.87. The first kappa shape index (κ1) is 19.2. The van der Waals surface area contributed by atoms with Gasteiger partial charge in [0.1, 0.15) is 13.1 Å². The molecule has 2 heterocycles. The summed E-state index contributed by atoms with van der Waals surface area (Å²) in [6.07, 6.45) is 9.45. The van der Waals surface area contributed by atoms with Crippen LogP contribution in [0.3, 0.4) is 0 Å². The highest BCUT2D eigenvalue weighted by Gasteiger charge is 2.43. The molecule has 0 aromatic rings. The predicted octanol–water partition coefficient (Wildman–Crippen LogP) is 2.91. The Bertz CT molecular complexity index is 420. The molecule has 2 rings (SSSR count). The summed E-state index contributed by atoms with van der Waals surface area (Å²) in [4.78, 5) is 12.2. The van der Waals surface area contributed by atoms with Crippen molar-refractivity contribution in [1.82, 2.24) is 10.0 Å².